The number of aromatic hydroxyl groups is 1. The van der Waals surface area contributed by atoms with Crippen molar-refractivity contribution in [2.24, 2.45) is 11.7 Å². The van der Waals surface area contributed by atoms with Crippen LogP contribution in [0.3, 0.4) is 0 Å². The number of phenols is 1. The van der Waals surface area contributed by atoms with Crippen molar-refractivity contribution >= 4 is 0 Å². The van der Waals surface area contributed by atoms with E-state index < -0.39 is 0 Å². The third-order valence-corrected chi connectivity index (χ3v) is 4.61. The number of phenolic OH excluding ortho intramolecular Hbond substituents is 1. The Morgan fingerprint density at radius 1 is 1.22 bits per heavy atom. The molecule has 3 rings (SSSR count). The summed E-state index contributed by atoms with van der Waals surface area (Å²) in [6.07, 6.45) is 2.15. The molecule has 1 heterocycles. The first-order valence-electron chi connectivity index (χ1n) is 9.13. The predicted molar refractivity (Wildman–Crippen MR) is 103 cm³/mol. The van der Waals surface area contributed by atoms with Crippen molar-refractivity contribution in [2.75, 3.05) is 6.61 Å². The lowest BCUT2D eigenvalue weighted by Gasteiger charge is -2.26. The number of nitrogens with zero attached hydrogens (tertiary/aromatic N) is 1. The van der Waals surface area contributed by atoms with Gasteiger partial charge in [-0.1, -0.05) is 26.0 Å². The molecule has 0 spiro atoms. The second-order valence-corrected chi connectivity index (χ2v) is 7.10. The van der Waals surface area contributed by atoms with Crippen LogP contribution in [0.2, 0.25) is 0 Å². The van der Waals surface area contributed by atoms with Crippen LogP contribution in [0.1, 0.15) is 43.7 Å². The molecule has 0 fully saturated rings. The zero-order chi connectivity index (χ0) is 19.4. The van der Waals surface area contributed by atoms with Gasteiger partial charge in [-0.2, -0.15) is 5.26 Å². The van der Waals surface area contributed by atoms with Crippen molar-refractivity contribution in [3.05, 3.63) is 65.0 Å². The van der Waals surface area contributed by atoms with E-state index in [1.54, 1.807) is 12.1 Å². The summed E-state index contributed by atoms with van der Waals surface area (Å²) >= 11 is 0. The van der Waals surface area contributed by atoms with Gasteiger partial charge in [-0.05, 0) is 54.7 Å². The van der Waals surface area contributed by atoms with Crippen LogP contribution in [0.4, 0.5) is 0 Å². The van der Waals surface area contributed by atoms with E-state index in [1.807, 2.05) is 24.3 Å². The summed E-state index contributed by atoms with van der Waals surface area (Å²) in [4.78, 5) is 0. The quantitative estimate of drug-likeness (QED) is 0.741. The number of allylic oxidation sites excluding steroid dienone is 1. The lowest BCUT2D eigenvalue weighted by molar-refractivity contribution is 0.297. The summed E-state index contributed by atoms with van der Waals surface area (Å²) in [6, 6.07) is 14.6. The molecule has 1 atom stereocenters. The van der Waals surface area contributed by atoms with E-state index in [9.17, 15) is 10.4 Å². The summed E-state index contributed by atoms with van der Waals surface area (Å²) in [7, 11) is 0. The molecule has 5 heteroatoms. The van der Waals surface area contributed by atoms with Gasteiger partial charge < -0.3 is 20.3 Å². The van der Waals surface area contributed by atoms with Crippen LogP contribution in [0, 0.1) is 17.2 Å². The molecule has 2 aromatic rings. The highest BCUT2D eigenvalue weighted by molar-refractivity contribution is 5.57. The van der Waals surface area contributed by atoms with Crippen LogP contribution < -0.4 is 15.2 Å². The molecular weight excluding hydrogens is 340 g/mol. The summed E-state index contributed by atoms with van der Waals surface area (Å²) in [5.41, 5.74) is 7.89. The van der Waals surface area contributed by atoms with Gasteiger partial charge in [-0.25, -0.2) is 0 Å². The van der Waals surface area contributed by atoms with Gasteiger partial charge in [0.15, 0.2) is 0 Å². The van der Waals surface area contributed by atoms with Crippen LogP contribution in [-0.4, -0.2) is 11.7 Å². The second-order valence-electron chi connectivity index (χ2n) is 7.10. The van der Waals surface area contributed by atoms with E-state index >= 15 is 0 Å². The first kappa shape index (κ1) is 18.7. The van der Waals surface area contributed by atoms with E-state index in [4.69, 9.17) is 15.2 Å². The van der Waals surface area contributed by atoms with E-state index in [0.29, 0.717) is 29.4 Å². The number of nitrogens with two attached hydrogens (primary N) is 1. The molecule has 0 bridgehead atoms. The van der Waals surface area contributed by atoms with Gasteiger partial charge in [0.05, 0.1) is 12.5 Å². The van der Waals surface area contributed by atoms with Crippen molar-refractivity contribution < 1.29 is 14.6 Å². The number of ether oxygens (including phenoxy) is 2. The van der Waals surface area contributed by atoms with E-state index in [1.165, 1.54) is 6.07 Å². The Kier molecular flexibility index (Phi) is 5.56. The molecule has 27 heavy (non-hydrogen) atoms. The first-order valence-corrected chi connectivity index (χ1v) is 9.13. The Balaban J connectivity index is 1.84. The summed E-state index contributed by atoms with van der Waals surface area (Å²) in [6.45, 7) is 5.08. The topological polar surface area (TPSA) is 88.5 Å². The maximum absolute atomic E-state index is 9.88. The predicted octanol–water partition coefficient (Wildman–Crippen LogP) is 4.43. The highest BCUT2D eigenvalue weighted by Gasteiger charge is 2.30. The Bertz CT molecular complexity index is 879. The second kappa shape index (κ2) is 8.05. The van der Waals surface area contributed by atoms with Gasteiger partial charge >= 0.3 is 0 Å². The fourth-order valence-corrected chi connectivity index (χ4v) is 3.23. The number of hydrogen-bond donors (Lipinski definition) is 2. The van der Waals surface area contributed by atoms with Crippen LogP contribution >= 0.6 is 0 Å². The van der Waals surface area contributed by atoms with Crippen LogP contribution in [-0.2, 0) is 0 Å². The Morgan fingerprint density at radius 3 is 2.63 bits per heavy atom. The van der Waals surface area contributed by atoms with Crippen LogP contribution in [0.5, 0.6) is 17.2 Å². The normalized spacial score (nSPS) is 15.9. The molecule has 3 N–H and O–H groups in total. The zero-order valence-corrected chi connectivity index (χ0v) is 15.6. The van der Waals surface area contributed by atoms with Gasteiger partial charge in [0, 0.05) is 5.56 Å². The van der Waals surface area contributed by atoms with Gasteiger partial charge in [0.2, 0.25) is 5.88 Å². The summed E-state index contributed by atoms with van der Waals surface area (Å²) in [5, 5.41) is 19.5. The number of rotatable bonds is 6. The summed E-state index contributed by atoms with van der Waals surface area (Å²) in [5.74, 6) is 1.83. The monoisotopic (exact) mass is 364 g/mol. The highest BCUT2D eigenvalue weighted by Crippen LogP contribution is 2.43. The average Bonchev–Trinajstić information content (AvgIpc) is 2.65. The number of nitriles is 1. The van der Waals surface area contributed by atoms with Crippen molar-refractivity contribution in [1.29, 1.82) is 5.26 Å². The highest BCUT2D eigenvalue weighted by atomic mass is 16.5. The van der Waals surface area contributed by atoms with Gasteiger partial charge in [-0.3, -0.25) is 0 Å². The molecule has 0 aliphatic carbocycles. The van der Waals surface area contributed by atoms with E-state index in [0.717, 1.165) is 24.2 Å². The third-order valence-electron chi connectivity index (χ3n) is 4.61. The molecule has 1 unspecified atom stereocenters. The SMILES string of the molecule is CC(C)CCCOc1ccc(C2C(C#N)=C(N)Oc3ccc(O)cc32)cc1. The van der Waals surface area contributed by atoms with E-state index in [-0.39, 0.29) is 17.6 Å². The first-order chi connectivity index (χ1) is 13.0. The molecule has 0 aromatic heterocycles. The molecule has 140 valence electrons. The van der Waals surface area contributed by atoms with Gasteiger partial charge in [-0.15, -0.1) is 0 Å². The lowest BCUT2D eigenvalue weighted by atomic mass is 9.83. The number of benzene rings is 2. The maximum Gasteiger partial charge on any atom is 0.205 e. The van der Waals surface area contributed by atoms with Crippen molar-refractivity contribution in [3.63, 3.8) is 0 Å². The number of hydrogen-bond acceptors (Lipinski definition) is 5. The largest absolute Gasteiger partial charge is 0.508 e. The molecule has 5 nitrogen and oxygen atoms in total. The summed E-state index contributed by atoms with van der Waals surface area (Å²) < 4.78 is 11.3. The van der Waals surface area contributed by atoms with Gasteiger partial charge in [0.1, 0.15) is 28.9 Å². The van der Waals surface area contributed by atoms with Gasteiger partial charge in [0.25, 0.3) is 0 Å². The lowest BCUT2D eigenvalue weighted by Crippen LogP contribution is -2.20. The van der Waals surface area contributed by atoms with Crippen molar-refractivity contribution in [3.8, 4) is 23.3 Å². The fraction of sp³-hybridized carbons (Fsp3) is 0.318. The minimum absolute atomic E-state index is 0.0923. The molecule has 1 aliphatic rings. The molecule has 0 radical (unpaired) electrons. The minimum Gasteiger partial charge on any atom is -0.508 e. The fourth-order valence-electron chi connectivity index (χ4n) is 3.23. The number of fused-ring (bicyclic) bond motifs is 1. The molecule has 1 aliphatic heterocycles. The van der Waals surface area contributed by atoms with Crippen LogP contribution in [0.15, 0.2) is 53.9 Å². The smallest absolute Gasteiger partial charge is 0.205 e. The third kappa shape index (κ3) is 4.17. The average molecular weight is 364 g/mol. The standard InChI is InChI=1S/C22H24N2O3/c1-14(2)4-3-11-26-17-8-5-15(6-9-17)21-18-12-16(25)7-10-20(18)27-22(24)19(21)13-23/h5-10,12,14,21,25H,3-4,11,24H2,1-2H3. The van der Waals surface area contributed by atoms with Crippen molar-refractivity contribution in [1.82, 2.24) is 0 Å². The van der Waals surface area contributed by atoms with Crippen LogP contribution in [0.25, 0.3) is 0 Å². The van der Waals surface area contributed by atoms with Crippen molar-refractivity contribution in [2.45, 2.75) is 32.6 Å². The molecule has 0 saturated carbocycles. The molecular formula is C22H24N2O3. The van der Waals surface area contributed by atoms with E-state index in [2.05, 4.69) is 19.9 Å². The minimum atomic E-state index is -0.388. The Morgan fingerprint density at radius 2 is 1.96 bits per heavy atom. The maximum atomic E-state index is 9.88. The molecule has 0 amide bonds. The Labute approximate surface area is 159 Å². The Hall–Kier alpha value is -3.13. The molecule has 0 saturated heterocycles. The molecule has 2 aromatic carbocycles. The zero-order valence-electron chi connectivity index (χ0n) is 15.6.